The zero-order valence-electron chi connectivity index (χ0n) is 23.6. The molecule has 0 saturated heterocycles. The maximum Gasteiger partial charge on any atom is 0.205 e. The Bertz CT molecular complexity index is 1610. The monoisotopic (exact) mass is 530 g/mol. The highest BCUT2D eigenvalue weighted by atomic mass is 16.5. The highest BCUT2D eigenvalue weighted by Crippen LogP contribution is 2.46. The number of rotatable bonds is 8. The second-order valence-corrected chi connectivity index (χ2v) is 11.2. The van der Waals surface area contributed by atoms with Crippen LogP contribution >= 0.6 is 0 Å². The molecule has 0 bridgehead atoms. The lowest BCUT2D eigenvalue weighted by Crippen LogP contribution is -2.28. The number of allylic oxidation sites excluding steroid dienone is 6. The summed E-state index contributed by atoms with van der Waals surface area (Å²) in [6.45, 7) is 12.2. The quantitative estimate of drug-likeness (QED) is 0.200. The van der Waals surface area contributed by atoms with Gasteiger partial charge >= 0.3 is 0 Å². The molecule has 3 aromatic rings. The van der Waals surface area contributed by atoms with Crippen LogP contribution in [0.25, 0.3) is 28.0 Å². The molecule has 0 fully saturated rings. The molecule has 0 radical (unpaired) electrons. The lowest BCUT2D eigenvalue weighted by molar-refractivity contribution is 0.153. The van der Waals surface area contributed by atoms with Gasteiger partial charge in [0.25, 0.3) is 0 Å². The molecular weight excluding hydrogens is 492 g/mol. The fourth-order valence-electron chi connectivity index (χ4n) is 4.88. The van der Waals surface area contributed by atoms with Crippen molar-refractivity contribution in [2.45, 2.75) is 79.2 Å². The maximum absolute atomic E-state index is 13.7. The molecule has 3 N–H and O–H groups in total. The molecule has 1 aliphatic rings. The summed E-state index contributed by atoms with van der Waals surface area (Å²) in [5, 5.41) is 32.0. The standard InChI is InChI=1S/C33H38O6/c1-19(2)9-7-10-20(3)11-8-12-21(4)13-14-24-29(36)32-23(15-16-33(5,6)39-32)27-30(37)28-25(35)17-22(34)18-26(28)38-31(24)27/h9,11,13,15-18,34-36H,7-8,10,12,14H2,1-6H3. The third-order valence-corrected chi connectivity index (χ3v) is 7.04. The Hall–Kier alpha value is -3.93. The van der Waals surface area contributed by atoms with Crippen molar-refractivity contribution >= 4 is 28.0 Å². The van der Waals surface area contributed by atoms with E-state index >= 15 is 0 Å². The van der Waals surface area contributed by atoms with Gasteiger partial charge in [0.15, 0.2) is 11.5 Å². The fraction of sp³-hybridized carbons (Fsp3) is 0.364. The van der Waals surface area contributed by atoms with E-state index in [1.165, 1.54) is 17.2 Å². The Balaban J connectivity index is 1.74. The number of hydrogen-bond acceptors (Lipinski definition) is 6. The number of ether oxygens (including phenoxy) is 1. The van der Waals surface area contributed by atoms with Crippen LogP contribution in [0.1, 0.15) is 78.4 Å². The van der Waals surface area contributed by atoms with Gasteiger partial charge in [-0.1, -0.05) is 41.0 Å². The van der Waals surface area contributed by atoms with Crippen molar-refractivity contribution in [1.29, 1.82) is 0 Å². The maximum atomic E-state index is 13.7. The van der Waals surface area contributed by atoms with Gasteiger partial charge in [-0.25, -0.2) is 0 Å². The lowest BCUT2D eigenvalue weighted by atomic mass is 9.93. The Kier molecular flexibility index (Phi) is 7.96. The number of phenolic OH excluding ortho intramolecular Hbond substituents is 3. The average Bonchev–Trinajstić information content (AvgIpc) is 2.83. The molecule has 1 aliphatic heterocycles. The first-order valence-electron chi connectivity index (χ1n) is 13.4. The molecule has 6 nitrogen and oxygen atoms in total. The number of aromatic hydroxyl groups is 3. The van der Waals surface area contributed by atoms with E-state index in [0.29, 0.717) is 17.5 Å². The summed E-state index contributed by atoms with van der Waals surface area (Å²) in [6.07, 6.45) is 14.3. The topological polar surface area (TPSA) is 100 Å². The first-order valence-corrected chi connectivity index (χ1v) is 13.4. The van der Waals surface area contributed by atoms with Crippen molar-refractivity contribution in [3.63, 3.8) is 0 Å². The van der Waals surface area contributed by atoms with E-state index in [1.54, 1.807) is 6.08 Å². The van der Waals surface area contributed by atoms with E-state index in [1.807, 2.05) is 32.9 Å². The van der Waals surface area contributed by atoms with Gasteiger partial charge < -0.3 is 24.5 Å². The van der Waals surface area contributed by atoms with Crippen LogP contribution in [-0.2, 0) is 6.42 Å². The van der Waals surface area contributed by atoms with Gasteiger partial charge in [-0.05, 0) is 79.7 Å². The predicted molar refractivity (Wildman–Crippen MR) is 158 cm³/mol. The van der Waals surface area contributed by atoms with Crippen molar-refractivity contribution in [2.75, 3.05) is 0 Å². The number of phenols is 3. The molecule has 0 unspecified atom stereocenters. The molecule has 4 rings (SSSR count). The summed E-state index contributed by atoms with van der Waals surface area (Å²) in [6, 6.07) is 2.40. The molecule has 206 valence electrons. The summed E-state index contributed by atoms with van der Waals surface area (Å²) >= 11 is 0. The van der Waals surface area contributed by atoms with Gasteiger partial charge in [-0.3, -0.25) is 4.79 Å². The normalized spacial score (nSPS) is 14.9. The van der Waals surface area contributed by atoms with Crippen molar-refractivity contribution in [1.82, 2.24) is 0 Å². The van der Waals surface area contributed by atoms with Crippen LogP contribution < -0.4 is 10.2 Å². The molecule has 0 saturated carbocycles. The number of hydrogen-bond donors (Lipinski definition) is 3. The highest BCUT2D eigenvalue weighted by molar-refractivity contribution is 6.01. The molecule has 6 heteroatoms. The van der Waals surface area contributed by atoms with Crippen LogP contribution in [0.2, 0.25) is 0 Å². The van der Waals surface area contributed by atoms with Crippen LogP contribution in [0.4, 0.5) is 0 Å². The Labute approximate surface area is 229 Å². The Morgan fingerprint density at radius 2 is 1.59 bits per heavy atom. The van der Waals surface area contributed by atoms with Gasteiger partial charge in [0.05, 0.1) is 5.39 Å². The second-order valence-electron chi connectivity index (χ2n) is 11.2. The van der Waals surface area contributed by atoms with E-state index in [9.17, 15) is 20.1 Å². The van der Waals surface area contributed by atoms with Gasteiger partial charge in [-0.15, -0.1) is 0 Å². The van der Waals surface area contributed by atoms with E-state index < -0.39 is 11.0 Å². The van der Waals surface area contributed by atoms with Gasteiger partial charge in [0.2, 0.25) is 5.43 Å². The Morgan fingerprint density at radius 1 is 0.923 bits per heavy atom. The lowest BCUT2D eigenvalue weighted by Gasteiger charge is -2.29. The number of fused-ring (bicyclic) bond motifs is 4. The molecule has 2 heterocycles. The summed E-state index contributed by atoms with van der Waals surface area (Å²) in [5.74, 6) is -0.460. The third-order valence-electron chi connectivity index (χ3n) is 7.04. The third kappa shape index (κ3) is 6.06. The van der Waals surface area contributed by atoms with Crippen LogP contribution in [-0.4, -0.2) is 20.9 Å². The summed E-state index contributed by atoms with van der Waals surface area (Å²) in [5.41, 5.74) is 3.79. The minimum Gasteiger partial charge on any atom is -0.508 e. The molecule has 39 heavy (non-hydrogen) atoms. The average molecular weight is 531 g/mol. The zero-order valence-corrected chi connectivity index (χ0v) is 23.6. The van der Waals surface area contributed by atoms with Crippen molar-refractivity contribution < 1.29 is 24.5 Å². The smallest absolute Gasteiger partial charge is 0.205 e. The first-order chi connectivity index (χ1) is 18.4. The molecule has 1 aromatic heterocycles. The minimum absolute atomic E-state index is 0.0316. The molecule has 0 spiro atoms. The van der Waals surface area contributed by atoms with Gasteiger partial charge in [0, 0.05) is 23.3 Å². The largest absolute Gasteiger partial charge is 0.508 e. The zero-order chi connectivity index (χ0) is 28.5. The molecule has 2 aromatic carbocycles. The molecule has 0 atom stereocenters. The van der Waals surface area contributed by atoms with Crippen molar-refractivity contribution in [3.8, 4) is 23.0 Å². The van der Waals surface area contributed by atoms with E-state index in [2.05, 4.69) is 32.9 Å². The van der Waals surface area contributed by atoms with Gasteiger partial charge in [-0.2, -0.15) is 0 Å². The van der Waals surface area contributed by atoms with Crippen LogP contribution in [0.3, 0.4) is 0 Å². The predicted octanol–water partition coefficient (Wildman–Crippen LogP) is 8.21. The molecule has 0 aliphatic carbocycles. The number of benzene rings is 2. The van der Waals surface area contributed by atoms with Crippen LogP contribution in [0.5, 0.6) is 23.0 Å². The highest BCUT2D eigenvalue weighted by Gasteiger charge is 2.31. The van der Waals surface area contributed by atoms with E-state index in [4.69, 9.17) is 9.15 Å². The molecular formula is C33H38O6. The summed E-state index contributed by atoms with van der Waals surface area (Å²) in [4.78, 5) is 13.7. The van der Waals surface area contributed by atoms with Crippen LogP contribution in [0, 0.1) is 0 Å². The van der Waals surface area contributed by atoms with Crippen LogP contribution in [0.15, 0.2) is 62.4 Å². The van der Waals surface area contributed by atoms with Gasteiger partial charge in [0.1, 0.15) is 33.7 Å². The van der Waals surface area contributed by atoms with Crippen molar-refractivity contribution in [2.24, 2.45) is 0 Å². The Morgan fingerprint density at radius 3 is 2.28 bits per heavy atom. The SMILES string of the molecule is CC(C)=CCCC(C)=CCCC(C)=CCc1c(O)c2c(c3c(=O)c4c(O)cc(O)cc4oc13)C=CC(C)(C)O2. The summed E-state index contributed by atoms with van der Waals surface area (Å²) in [7, 11) is 0. The summed E-state index contributed by atoms with van der Waals surface area (Å²) < 4.78 is 12.2. The van der Waals surface area contributed by atoms with E-state index in [0.717, 1.165) is 37.3 Å². The second kappa shape index (κ2) is 11.0. The first kappa shape index (κ1) is 28.1. The fourth-order valence-corrected chi connectivity index (χ4v) is 4.88. The molecule has 0 amide bonds. The van der Waals surface area contributed by atoms with Crippen molar-refractivity contribution in [3.05, 3.63) is 74.5 Å². The minimum atomic E-state index is -0.679. The van der Waals surface area contributed by atoms with E-state index in [-0.39, 0.29) is 44.9 Å².